The fourth-order valence-corrected chi connectivity index (χ4v) is 2.47. The summed E-state index contributed by atoms with van der Waals surface area (Å²) in [7, 11) is 0. The highest BCUT2D eigenvalue weighted by Crippen LogP contribution is 2.33. The van der Waals surface area contributed by atoms with E-state index in [0.29, 0.717) is 12.8 Å². The third kappa shape index (κ3) is 1.82. The second kappa shape index (κ2) is 3.90. The Hall–Kier alpha value is -1.36. The van der Waals surface area contributed by atoms with E-state index >= 15 is 0 Å². The van der Waals surface area contributed by atoms with Gasteiger partial charge in [-0.05, 0) is 38.7 Å². The van der Waals surface area contributed by atoms with Gasteiger partial charge in [0.2, 0.25) is 5.91 Å². The first kappa shape index (κ1) is 11.1. The lowest BCUT2D eigenvalue weighted by molar-refractivity contribution is -0.124. The van der Waals surface area contributed by atoms with Crippen LogP contribution in [0.2, 0.25) is 0 Å². The molecule has 4 N–H and O–H groups in total. The molecule has 1 saturated carbocycles. The molecule has 5 heteroatoms. The molecule has 0 radical (unpaired) electrons. The Kier molecular flexibility index (Phi) is 2.71. The lowest BCUT2D eigenvalue weighted by atomic mass is 9.79. The number of hydrogen-bond acceptors (Lipinski definition) is 3. The SMILES string of the molecule is Cc1ccnn1C1CCCC(N)(C(N)=O)C1. The number of nitrogens with two attached hydrogens (primary N) is 2. The monoisotopic (exact) mass is 222 g/mol. The molecule has 5 nitrogen and oxygen atoms in total. The molecule has 1 amide bonds. The first-order valence-corrected chi connectivity index (χ1v) is 5.62. The van der Waals surface area contributed by atoms with Crippen molar-refractivity contribution < 1.29 is 4.79 Å². The molecule has 1 aromatic heterocycles. The Labute approximate surface area is 94.8 Å². The molecule has 0 bridgehead atoms. The third-order valence-corrected chi connectivity index (χ3v) is 3.46. The van der Waals surface area contributed by atoms with Gasteiger partial charge in [-0.1, -0.05) is 0 Å². The zero-order valence-electron chi connectivity index (χ0n) is 9.52. The van der Waals surface area contributed by atoms with E-state index in [0.717, 1.165) is 18.5 Å². The number of carbonyl (C=O) groups excluding carboxylic acids is 1. The van der Waals surface area contributed by atoms with Crippen LogP contribution in [-0.4, -0.2) is 21.2 Å². The van der Waals surface area contributed by atoms with E-state index in [1.807, 2.05) is 17.7 Å². The third-order valence-electron chi connectivity index (χ3n) is 3.46. The second-order valence-electron chi connectivity index (χ2n) is 4.69. The van der Waals surface area contributed by atoms with Crippen molar-refractivity contribution in [1.82, 2.24) is 9.78 Å². The van der Waals surface area contributed by atoms with Crippen LogP contribution in [0, 0.1) is 6.92 Å². The van der Waals surface area contributed by atoms with Gasteiger partial charge in [0.05, 0.1) is 11.6 Å². The summed E-state index contributed by atoms with van der Waals surface area (Å²) in [5.41, 5.74) is 11.6. The fourth-order valence-electron chi connectivity index (χ4n) is 2.47. The van der Waals surface area contributed by atoms with Gasteiger partial charge in [-0.3, -0.25) is 9.48 Å². The van der Waals surface area contributed by atoms with Crippen LogP contribution in [0.1, 0.15) is 37.4 Å². The molecular weight excluding hydrogens is 204 g/mol. The van der Waals surface area contributed by atoms with Crippen molar-refractivity contribution in [2.75, 3.05) is 0 Å². The van der Waals surface area contributed by atoms with E-state index in [2.05, 4.69) is 5.10 Å². The number of nitrogens with zero attached hydrogens (tertiary/aromatic N) is 2. The number of aromatic nitrogens is 2. The van der Waals surface area contributed by atoms with Crippen molar-refractivity contribution in [3.05, 3.63) is 18.0 Å². The normalized spacial score (nSPS) is 30.2. The standard InChI is InChI=1S/C11H18N4O/c1-8-4-6-14-15(8)9-3-2-5-11(13,7-9)10(12)16/h4,6,9H,2-3,5,7,13H2,1H3,(H2,12,16). The van der Waals surface area contributed by atoms with Crippen LogP contribution in [0.4, 0.5) is 0 Å². The van der Waals surface area contributed by atoms with Crippen molar-refractivity contribution in [2.24, 2.45) is 11.5 Å². The summed E-state index contributed by atoms with van der Waals surface area (Å²) in [5, 5.41) is 4.27. The summed E-state index contributed by atoms with van der Waals surface area (Å²) < 4.78 is 1.95. The minimum atomic E-state index is -0.860. The molecule has 2 rings (SSSR count). The van der Waals surface area contributed by atoms with Gasteiger partial charge in [0.1, 0.15) is 0 Å². The highest BCUT2D eigenvalue weighted by atomic mass is 16.1. The van der Waals surface area contributed by atoms with Crippen LogP contribution in [0.15, 0.2) is 12.3 Å². The number of rotatable bonds is 2. The molecule has 0 aliphatic heterocycles. The quantitative estimate of drug-likeness (QED) is 0.763. The summed E-state index contributed by atoms with van der Waals surface area (Å²) in [6.07, 6.45) is 4.97. The molecule has 2 atom stereocenters. The lowest BCUT2D eigenvalue weighted by Gasteiger charge is -2.35. The molecule has 16 heavy (non-hydrogen) atoms. The van der Waals surface area contributed by atoms with Crippen molar-refractivity contribution in [3.8, 4) is 0 Å². The number of carbonyl (C=O) groups is 1. The van der Waals surface area contributed by atoms with Crippen LogP contribution in [0.25, 0.3) is 0 Å². The Morgan fingerprint density at radius 2 is 2.44 bits per heavy atom. The van der Waals surface area contributed by atoms with Gasteiger partial charge < -0.3 is 11.5 Å². The van der Waals surface area contributed by atoms with Gasteiger partial charge in [0, 0.05) is 11.9 Å². The van der Waals surface area contributed by atoms with E-state index < -0.39 is 11.4 Å². The van der Waals surface area contributed by atoms with Crippen molar-refractivity contribution in [1.29, 1.82) is 0 Å². The molecule has 1 aliphatic rings. The molecule has 1 heterocycles. The van der Waals surface area contributed by atoms with Crippen molar-refractivity contribution in [3.63, 3.8) is 0 Å². The predicted octanol–water partition coefficient (Wildman–Crippen LogP) is 0.489. The summed E-state index contributed by atoms with van der Waals surface area (Å²) >= 11 is 0. The molecule has 0 spiro atoms. The van der Waals surface area contributed by atoms with Gasteiger partial charge in [-0.15, -0.1) is 0 Å². The Balaban J connectivity index is 2.20. The zero-order chi connectivity index (χ0) is 11.8. The van der Waals surface area contributed by atoms with Crippen LogP contribution in [0.3, 0.4) is 0 Å². The van der Waals surface area contributed by atoms with E-state index in [1.54, 1.807) is 6.20 Å². The topological polar surface area (TPSA) is 86.9 Å². The molecule has 0 saturated heterocycles. The van der Waals surface area contributed by atoms with Crippen LogP contribution in [0.5, 0.6) is 0 Å². The maximum absolute atomic E-state index is 11.3. The zero-order valence-corrected chi connectivity index (χ0v) is 9.52. The maximum atomic E-state index is 11.3. The Morgan fingerprint density at radius 3 is 3.00 bits per heavy atom. The Morgan fingerprint density at radius 1 is 1.69 bits per heavy atom. The van der Waals surface area contributed by atoms with Gasteiger partial charge in [0.25, 0.3) is 0 Å². The second-order valence-corrected chi connectivity index (χ2v) is 4.69. The summed E-state index contributed by atoms with van der Waals surface area (Å²) in [6.45, 7) is 2.00. The van der Waals surface area contributed by atoms with Gasteiger partial charge in [-0.25, -0.2) is 0 Å². The van der Waals surface area contributed by atoms with E-state index in [-0.39, 0.29) is 6.04 Å². The fraction of sp³-hybridized carbons (Fsp3) is 0.636. The minimum absolute atomic E-state index is 0.196. The Bertz CT molecular complexity index is 400. The van der Waals surface area contributed by atoms with Gasteiger partial charge in [0.15, 0.2) is 0 Å². The summed E-state index contributed by atoms with van der Waals surface area (Å²) in [4.78, 5) is 11.3. The van der Waals surface area contributed by atoms with Gasteiger partial charge >= 0.3 is 0 Å². The number of hydrogen-bond donors (Lipinski definition) is 2. The molecule has 88 valence electrons. The molecule has 2 unspecified atom stereocenters. The van der Waals surface area contributed by atoms with E-state index in [9.17, 15) is 4.79 Å². The highest BCUT2D eigenvalue weighted by Gasteiger charge is 2.38. The lowest BCUT2D eigenvalue weighted by Crippen LogP contribution is -2.55. The molecule has 1 aromatic rings. The number of aryl methyl sites for hydroxylation is 1. The van der Waals surface area contributed by atoms with Crippen LogP contribution in [-0.2, 0) is 4.79 Å². The first-order chi connectivity index (χ1) is 7.53. The molecule has 1 aliphatic carbocycles. The minimum Gasteiger partial charge on any atom is -0.368 e. The van der Waals surface area contributed by atoms with Crippen LogP contribution >= 0.6 is 0 Å². The van der Waals surface area contributed by atoms with E-state index in [4.69, 9.17) is 11.5 Å². The van der Waals surface area contributed by atoms with Crippen molar-refractivity contribution in [2.45, 2.75) is 44.2 Å². The van der Waals surface area contributed by atoms with Crippen molar-refractivity contribution >= 4 is 5.91 Å². The first-order valence-electron chi connectivity index (χ1n) is 5.62. The summed E-state index contributed by atoms with van der Waals surface area (Å²) in [6, 6.07) is 2.15. The number of amides is 1. The summed E-state index contributed by atoms with van der Waals surface area (Å²) in [5.74, 6) is -0.401. The highest BCUT2D eigenvalue weighted by molar-refractivity contribution is 5.84. The maximum Gasteiger partial charge on any atom is 0.237 e. The number of primary amides is 1. The molecular formula is C11H18N4O. The van der Waals surface area contributed by atoms with Gasteiger partial charge in [-0.2, -0.15) is 5.10 Å². The van der Waals surface area contributed by atoms with E-state index in [1.165, 1.54) is 0 Å². The molecule has 0 aromatic carbocycles. The average Bonchev–Trinajstić information content (AvgIpc) is 2.64. The average molecular weight is 222 g/mol. The predicted molar refractivity (Wildman–Crippen MR) is 60.6 cm³/mol. The molecule has 1 fully saturated rings. The van der Waals surface area contributed by atoms with Crippen LogP contribution < -0.4 is 11.5 Å². The smallest absolute Gasteiger partial charge is 0.237 e. The largest absolute Gasteiger partial charge is 0.368 e.